The highest BCUT2D eigenvalue weighted by molar-refractivity contribution is 5.95. The second-order valence-corrected chi connectivity index (χ2v) is 4.72. The second-order valence-electron chi connectivity index (χ2n) is 4.72. The zero-order chi connectivity index (χ0) is 14.4. The van der Waals surface area contributed by atoms with Crippen molar-refractivity contribution in [2.24, 2.45) is 0 Å². The van der Waals surface area contributed by atoms with E-state index in [2.05, 4.69) is 10.6 Å². The average Bonchev–Trinajstić information content (AvgIpc) is 2.32. The second kappa shape index (κ2) is 6.89. The Labute approximate surface area is 114 Å². The number of rotatable bonds is 5. The number of hydrogen-bond donors (Lipinski definition) is 2. The summed E-state index contributed by atoms with van der Waals surface area (Å²) < 4.78 is 0. The normalized spacial score (nSPS) is 10.4. The van der Waals surface area contributed by atoms with Crippen LogP contribution in [-0.2, 0) is 9.59 Å². The predicted molar refractivity (Wildman–Crippen MR) is 77.3 cm³/mol. The van der Waals surface area contributed by atoms with Crippen LogP contribution in [0.5, 0.6) is 0 Å². The van der Waals surface area contributed by atoms with Gasteiger partial charge in [0.2, 0.25) is 11.8 Å². The van der Waals surface area contributed by atoms with Crippen molar-refractivity contribution >= 4 is 23.2 Å². The smallest absolute Gasteiger partial charge is 0.238 e. The van der Waals surface area contributed by atoms with E-state index >= 15 is 0 Å². The van der Waals surface area contributed by atoms with Crippen molar-refractivity contribution in [1.82, 2.24) is 4.90 Å². The number of nitrogens with one attached hydrogen (secondary N) is 2. The maximum absolute atomic E-state index is 11.7. The summed E-state index contributed by atoms with van der Waals surface area (Å²) in [5.41, 5.74) is 2.38. The largest absolute Gasteiger partial charge is 0.326 e. The number of amides is 2. The zero-order valence-electron chi connectivity index (χ0n) is 11.9. The van der Waals surface area contributed by atoms with Crippen molar-refractivity contribution in [2.75, 3.05) is 31.3 Å². The number of aryl methyl sites for hydroxylation is 1. The highest BCUT2D eigenvalue weighted by atomic mass is 16.2. The van der Waals surface area contributed by atoms with E-state index in [4.69, 9.17) is 0 Å². The van der Waals surface area contributed by atoms with Gasteiger partial charge in [0.1, 0.15) is 0 Å². The number of nitrogens with zero attached hydrogens (tertiary/aromatic N) is 1. The Morgan fingerprint density at radius 2 is 1.84 bits per heavy atom. The Morgan fingerprint density at radius 3 is 2.42 bits per heavy atom. The molecule has 5 heteroatoms. The van der Waals surface area contributed by atoms with Crippen molar-refractivity contribution in [1.29, 1.82) is 0 Å². The summed E-state index contributed by atoms with van der Waals surface area (Å²) in [6.45, 7) is 4.04. The van der Waals surface area contributed by atoms with E-state index in [0.717, 1.165) is 11.3 Å². The lowest BCUT2D eigenvalue weighted by Crippen LogP contribution is -2.27. The molecular formula is C14H21N3O2. The van der Waals surface area contributed by atoms with Gasteiger partial charge in [0.15, 0.2) is 0 Å². The third kappa shape index (κ3) is 5.09. The maximum atomic E-state index is 11.7. The molecule has 0 spiro atoms. The van der Waals surface area contributed by atoms with E-state index in [1.54, 1.807) is 17.9 Å². The summed E-state index contributed by atoms with van der Waals surface area (Å²) in [5, 5.41) is 5.61. The average molecular weight is 263 g/mol. The number of hydrogen-bond acceptors (Lipinski definition) is 3. The van der Waals surface area contributed by atoms with Crippen LogP contribution in [0.1, 0.15) is 18.9 Å². The number of carbonyl (C=O) groups is 2. The van der Waals surface area contributed by atoms with Crippen LogP contribution in [0.25, 0.3) is 0 Å². The summed E-state index contributed by atoms with van der Waals surface area (Å²) in [4.78, 5) is 24.9. The van der Waals surface area contributed by atoms with Gasteiger partial charge in [-0.05, 0) is 38.7 Å². The fourth-order valence-electron chi connectivity index (χ4n) is 1.56. The van der Waals surface area contributed by atoms with Crippen LogP contribution >= 0.6 is 0 Å². The van der Waals surface area contributed by atoms with Crippen LogP contribution in [0.2, 0.25) is 0 Å². The molecule has 0 aliphatic heterocycles. The summed E-state index contributed by atoms with van der Waals surface area (Å²) in [6, 6.07) is 5.47. The molecule has 1 aromatic rings. The number of likely N-dealkylation sites (N-methyl/N-ethyl adjacent to an activating group) is 1. The molecular weight excluding hydrogens is 242 g/mol. The van der Waals surface area contributed by atoms with Crippen molar-refractivity contribution < 1.29 is 9.59 Å². The summed E-state index contributed by atoms with van der Waals surface area (Å²) in [5.74, 6) is -0.124. The zero-order valence-corrected chi connectivity index (χ0v) is 11.9. The van der Waals surface area contributed by atoms with Crippen molar-refractivity contribution in [3.05, 3.63) is 23.8 Å². The van der Waals surface area contributed by atoms with E-state index in [-0.39, 0.29) is 11.8 Å². The lowest BCUT2D eigenvalue weighted by Gasteiger charge is -2.13. The van der Waals surface area contributed by atoms with E-state index in [1.807, 2.05) is 33.2 Å². The number of anilines is 2. The minimum atomic E-state index is -0.0818. The number of carbonyl (C=O) groups excluding carboxylic acids is 2. The van der Waals surface area contributed by atoms with Crippen LogP contribution in [0.15, 0.2) is 18.2 Å². The van der Waals surface area contributed by atoms with Crippen molar-refractivity contribution in [3.8, 4) is 0 Å². The molecule has 2 N–H and O–H groups in total. The molecule has 1 aromatic carbocycles. The SMILES string of the molecule is CCC(=O)Nc1cc(NC(=O)CN(C)C)ccc1C. The molecule has 0 aromatic heterocycles. The minimum Gasteiger partial charge on any atom is -0.326 e. The van der Waals surface area contributed by atoms with Gasteiger partial charge >= 0.3 is 0 Å². The first kappa shape index (κ1) is 15.2. The first-order valence-corrected chi connectivity index (χ1v) is 6.27. The Bertz CT molecular complexity index is 470. The fraction of sp³-hybridized carbons (Fsp3) is 0.429. The molecule has 0 saturated carbocycles. The van der Waals surface area contributed by atoms with E-state index in [0.29, 0.717) is 18.7 Å². The van der Waals surface area contributed by atoms with Gasteiger partial charge in [-0.25, -0.2) is 0 Å². The molecule has 0 heterocycles. The highest BCUT2D eigenvalue weighted by Gasteiger charge is 2.07. The van der Waals surface area contributed by atoms with Crippen LogP contribution in [0.3, 0.4) is 0 Å². The first-order chi connectivity index (χ1) is 8.92. The van der Waals surface area contributed by atoms with Crippen LogP contribution in [0, 0.1) is 6.92 Å². The lowest BCUT2D eigenvalue weighted by molar-refractivity contribution is -0.117. The molecule has 1 rings (SSSR count). The van der Waals surface area contributed by atoms with Gasteiger partial charge in [0, 0.05) is 17.8 Å². The Morgan fingerprint density at radius 1 is 1.16 bits per heavy atom. The first-order valence-electron chi connectivity index (χ1n) is 6.27. The van der Waals surface area contributed by atoms with Crippen LogP contribution in [0.4, 0.5) is 11.4 Å². The monoisotopic (exact) mass is 263 g/mol. The van der Waals surface area contributed by atoms with Gasteiger partial charge in [-0.3, -0.25) is 9.59 Å². The maximum Gasteiger partial charge on any atom is 0.238 e. The topological polar surface area (TPSA) is 61.4 Å². The summed E-state index contributed by atoms with van der Waals surface area (Å²) in [7, 11) is 3.67. The highest BCUT2D eigenvalue weighted by Crippen LogP contribution is 2.20. The van der Waals surface area contributed by atoms with E-state index in [1.165, 1.54) is 0 Å². The third-order valence-corrected chi connectivity index (χ3v) is 2.58. The third-order valence-electron chi connectivity index (χ3n) is 2.58. The summed E-state index contributed by atoms with van der Waals surface area (Å²) in [6.07, 6.45) is 0.427. The van der Waals surface area contributed by atoms with Crippen molar-refractivity contribution in [3.63, 3.8) is 0 Å². The summed E-state index contributed by atoms with van der Waals surface area (Å²) >= 11 is 0. The molecule has 0 saturated heterocycles. The quantitative estimate of drug-likeness (QED) is 0.852. The van der Waals surface area contributed by atoms with Gasteiger partial charge in [-0.2, -0.15) is 0 Å². The van der Waals surface area contributed by atoms with Gasteiger partial charge in [-0.1, -0.05) is 13.0 Å². The van der Waals surface area contributed by atoms with Crippen molar-refractivity contribution in [2.45, 2.75) is 20.3 Å². The molecule has 0 fully saturated rings. The molecule has 2 amide bonds. The minimum absolute atomic E-state index is 0.0418. The van der Waals surface area contributed by atoms with Gasteiger partial charge < -0.3 is 15.5 Å². The van der Waals surface area contributed by atoms with Crippen LogP contribution < -0.4 is 10.6 Å². The standard InChI is InChI=1S/C14H21N3O2/c1-5-13(18)16-12-8-11(7-6-10(12)2)15-14(19)9-17(3)4/h6-8H,5,9H2,1-4H3,(H,15,19)(H,16,18). The molecule has 0 bridgehead atoms. The van der Waals surface area contributed by atoms with E-state index < -0.39 is 0 Å². The van der Waals surface area contributed by atoms with Gasteiger partial charge in [-0.15, -0.1) is 0 Å². The molecule has 0 atom stereocenters. The van der Waals surface area contributed by atoms with Crippen LogP contribution in [-0.4, -0.2) is 37.4 Å². The molecule has 5 nitrogen and oxygen atoms in total. The molecule has 0 aliphatic carbocycles. The van der Waals surface area contributed by atoms with E-state index in [9.17, 15) is 9.59 Å². The molecule has 19 heavy (non-hydrogen) atoms. The van der Waals surface area contributed by atoms with Gasteiger partial charge in [0.05, 0.1) is 6.54 Å². The Hall–Kier alpha value is -1.88. The predicted octanol–water partition coefficient (Wildman–Crippen LogP) is 1.84. The molecule has 104 valence electrons. The fourth-order valence-corrected chi connectivity index (χ4v) is 1.56. The Kier molecular flexibility index (Phi) is 5.51. The van der Waals surface area contributed by atoms with Gasteiger partial charge in [0.25, 0.3) is 0 Å². The molecule has 0 radical (unpaired) electrons. The molecule has 0 unspecified atom stereocenters. The number of benzene rings is 1. The lowest BCUT2D eigenvalue weighted by atomic mass is 10.1. The Balaban J connectivity index is 2.78. The molecule has 0 aliphatic rings.